The lowest BCUT2D eigenvalue weighted by atomic mass is 10.1. The van der Waals surface area contributed by atoms with Crippen molar-refractivity contribution in [2.24, 2.45) is 0 Å². The molecule has 2 aromatic heterocycles. The van der Waals surface area contributed by atoms with Gasteiger partial charge in [0.2, 0.25) is 5.82 Å². The number of methoxy groups -OCH3 is 1. The van der Waals surface area contributed by atoms with Crippen molar-refractivity contribution in [3.8, 4) is 34.1 Å². The molecular formula is C20H17N3O3S. The predicted molar refractivity (Wildman–Crippen MR) is 103 cm³/mol. The summed E-state index contributed by atoms with van der Waals surface area (Å²) >= 11 is 1.64. The first-order valence-electron chi connectivity index (χ1n) is 8.33. The Morgan fingerprint density at radius 1 is 0.926 bits per heavy atom. The molecule has 136 valence electrons. The van der Waals surface area contributed by atoms with Gasteiger partial charge in [-0.25, -0.2) is 4.98 Å². The highest BCUT2D eigenvalue weighted by atomic mass is 32.1. The molecule has 0 spiro atoms. The van der Waals surface area contributed by atoms with Gasteiger partial charge in [0.1, 0.15) is 11.5 Å². The van der Waals surface area contributed by atoms with Crippen molar-refractivity contribution in [1.29, 1.82) is 0 Å². The van der Waals surface area contributed by atoms with Gasteiger partial charge in [0, 0.05) is 16.5 Å². The van der Waals surface area contributed by atoms with Crippen LogP contribution in [-0.4, -0.2) is 22.2 Å². The SMILES string of the molecule is COc1ccc(OCc2nc(-c3ccc(-c4csc(C)n4)cc3)no2)cc1. The number of aryl methyl sites for hydroxylation is 1. The number of benzene rings is 2. The summed E-state index contributed by atoms with van der Waals surface area (Å²) in [4.78, 5) is 8.89. The number of aromatic nitrogens is 3. The van der Waals surface area contributed by atoms with Crippen LogP contribution in [-0.2, 0) is 6.61 Å². The van der Waals surface area contributed by atoms with Crippen molar-refractivity contribution < 1.29 is 14.0 Å². The van der Waals surface area contributed by atoms with E-state index in [1.54, 1.807) is 18.4 Å². The molecule has 0 N–H and O–H groups in total. The van der Waals surface area contributed by atoms with E-state index in [9.17, 15) is 0 Å². The molecule has 2 heterocycles. The second-order valence-electron chi connectivity index (χ2n) is 5.81. The van der Waals surface area contributed by atoms with Crippen molar-refractivity contribution >= 4 is 11.3 Å². The zero-order chi connectivity index (χ0) is 18.6. The summed E-state index contributed by atoms with van der Waals surface area (Å²) in [6.07, 6.45) is 0. The minimum atomic E-state index is 0.204. The maximum Gasteiger partial charge on any atom is 0.264 e. The van der Waals surface area contributed by atoms with E-state index in [0.717, 1.165) is 27.6 Å². The summed E-state index contributed by atoms with van der Waals surface area (Å²) in [6.45, 7) is 2.20. The number of hydrogen-bond donors (Lipinski definition) is 0. The Balaban J connectivity index is 1.42. The maximum absolute atomic E-state index is 5.66. The van der Waals surface area contributed by atoms with E-state index in [4.69, 9.17) is 14.0 Å². The van der Waals surface area contributed by atoms with Crippen molar-refractivity contribution in [2.45, 2.75) is 13.5 Å². The van der Waals surface area contributed by atoms with Crippen LogP contribution in [0.2, 0.25) is 0 Å². The normalized spacial score (nSPS) is 10.7. The van der Waals surface area contributed by atoms with Crippen LogP contribution in [0.15, 0.2) is 58.4 Å². The Kier molecular flexibility index (Phi) is 4.84. The van der Waals surface area contributed by atoms with Crippen LogP contribution in [0, 0.1) is 6.92 Å². The summed E-state index contributed by atoms with van der Waals surface area (Å²) in [7, 11) is 1.63. The number of rotatable bonds is 6. The molecule has 0 saturated heterocycles. The van der Waals surface area contributed by atoms with Crippen LogP contribution in [0.3, 0.4) is 0 Å². The number of hydrogen-bond acceptors (Lipinski definition) is 7. The third-order valence-electron chi connectivity index (χ3n) is 3.95. The van der Waals surface area contributed by atoms with E-state index in [-0.39, 0.29) is 6.61 Å². The second-order valence-corrected chi connectivity index (χ2v) is 6.87. The highest BCUT2D eigenvalue weighted by Gasteiger charge is 2.10. The van der Waals surface area contributed by atoms with Crippen LogP contribution in [0.1, 0.15) is 10.9 Å². The average molecular weight is 379 g/mol. The van der Waals surface area contributed by atoms with Crippen LogP contribution in [0.5, 0.6) is 11.5 Å². The smallest absolute Gasteiger partial charge is 0.264 e. The monoisotopic (exact) mass is 379 g/mol. The molecule has 0 aliphatic carbocycles. The van der Waals surface area contributed by atoms with Crippen molar-refractivity contribution in [3.05, 3.63) is 64.8 Å². The third-order valence-corrected chi connectivity index (χ3v) is 4.72. The van der Waals surface area contributed by atoms with Gasteiger partial charge in [-0.2, -0.15) is 4.98 Å². The van der Waals surface area contributed by atoms with Gasteiger partial charge in [-0.1, -0.05) is 29.4 Å². The van der Waals surface area contributed by atoms with Crippen LogP contribution in [0.4, 0.5) is 0 Å². The number of ether oxygens (including phenoxy) is 2. The zero-order valence-electron chi connectivity index (χ0n) is 14.9. The van der Waals surface area contributed by atoms with E-state index in [1.165, 1.54) is 0 Å². The summed E-state index contributed by atoms with van der Waals surface area (Å²) in [5.41, 5.74) is 2.92. The first-order chi connectivity index (χ1) is 13.2. The molecule has 0 aliphatic heterocycles. The van der Waals surface area contributed by atoms with Crippen LogP contribution >= 0.6 is 11.3 Å². The molecule has 0 amide bonds. The van der Waals surface area contributed by atoms with Crippen molar-refractivity contribution in [2.75, 3.05) is 7.11 Å². The lowest BCUT2D eigenvalue weighted by Crippen LogP contribution is -1.95. The Labute approximate surface area is 160 Å². The lowest BCUT2D eigenvalue weighted by Gasteiger charge is -2.04. The van der Waals surface area contributed by atoms with E-state index >= 15 is 0 Å². The molecule has 27 heavy (non-hydrogen) atoms. The summed E-state index contributed by atoms with van der Waals surface area (Å²) in [5.74, 6) is 2.43. The van der Waals surface area contributed by atoms with Gasteiger partial charge in [0.15, 0.2) is 6.61 Å². The molecule has 0 fully saturated rings. The van der Waals surface area contributed by atoms with Gasteiger partial charge in [-0.3, -0.25) is 0 Å². The molecule has 4 rings (SSSR count). The fourth-order valence-corrected chi connectivity index (χ4v) is 3.16. The van der Waals surface area contributed by atoms with E-state index in [2.05, 4.69) is 15.1 Å². The maximum atomic E-state index is 5.66. The van der Waals surface area contributed by atoms with E-state index in [1.807, 2.05) is 60.8 Å². The fourth-order valence-electron chi connectivity index (χ4n) is 2.53. The Morgan fingerprint density at radius 2 is 1.63 bits per heavy atom. The molecule has 0 bridgehead atoms. The third kappa shape index (κ3) is 3.98. The predicted octanol–water partition coefficient (Wildman–Crippen LogP) is 4.76. The molecule has 0 atom stereocenters. The largest absolute Gasteiger partial charge is 0.497 e. The summed E-state index contributed by atoms with van der Waals surface area (Å²) in [5, 5.41) is 7.13. The first kappa shape index (κ1) is 17.2. The molecule has 2 aromatic carbocycles. The minimum Gasteiger partial charge on any atom is -0.497 e. The van der Waals surface area contributed by atoms with Gasteiger partial charge in [-0.15, -0.1) is 11.3 Å². The zero-order valence-corrected chi connectivity index (χ0v) is 15.7. The summed E-state index contributed by atoms with van der Waals surface area (Å²) < 4.78 is 16.1. The van der Waals surface area contributed by atoms with Gasteiger partial charge in [0.25, 0.3) is 5.89 Å². The minimum absolute atomic E-state index is 0.204. The standard InChI is InChI=1S/C20H17N3O3S/c1-13-21-18(12-27-13)14-3-5-15(6-4-14)20-22-19(26-23-20)11-25-17-9-7-16(24-2)8-10-17/h3-10,12H,11H2,1-2H3. The molecule has 0 saturated carbocycles. The molecule has 0 aliphatic rings. The lowest BCUT2D eigenvalue weighted by molar-refractivity contribution is 0.242. The Morgan fingerprint density at radius 3 is 2.30 bits per heavy atom. The average Bonchev–Trinajstić information content (AvgIpc) is 3.36. The highest BCUT2D eigenvalue weighted by molar-refractivity contribution is 7.09. The topological polar surface area (TPSA) is 70.3 Å². The van der Waals surface area contributed by atoms with Crippen LogP contribution in [0.25, 0.3) is 22.6 Å². The molecule has 4 aromatic rings. The second kappa shape index (κ2) is 7.59. The molecule has 7 heteroatoms. The first-order valence-corrected chi connectivity index (χ1v) is 9.21. The quantitative estimate of drug-likeness (QED) is 0.481. The van der Waals surface area contributed by atoms with Crippen molar-refractivity contribution in [1.82, 2.24) is 15.1 Å². The fraction of sp³-hybridized carbons (Fsp3) is 0.150. The molecular weight excluding hydrogens is 362 g/mol. The van der Waals surface area contributed by atoms with E-state index < -0.39 is 0 Å². The molecule has 6 nitrogen and oxygen atoms in total. The van der Waals surface area contributed by atoms with Crippen LogP contribution < -0.4 is 9.47 Å². The number of nitrogens with zero attached hydrogens (tertiary/aromatic N) is 3. The summed E-state index contributed by atoms with van der Waals surface area (Å²) in [6, 6.07) is 15.3. The Hall–Kier alpha value is -3.19. The highest BCUT2D eigenvalue weighted by Crippen LogP contribution is 2.25. The van der Waals surface area contributed by atoms with Gasteiger partial charge >= 0.3 is 0 Å². The molecule has 0 radical (unpaired) electrons. The molecule has 0 unspecified atom stereocenters. The van der Waals surface area contributed by atoms with Gasteiger partial charge < -0.3 is 14.0 Å². The Bertz CT molecular complexity index is 1020. The number of thiazole rings is 1. The van der Waals surface area contributed by atoms with E-state index in [0.29, 0.717) is 17.5 Å². The van der Waals surface area contributed by atoms with Gasteiger partial charge in [-0.05, 0) is 31.2 Å². The van der Waals surface area contributed by atoms with Crippen molar-refractivity contribution in [3.63, 3.8) is 0 Å². The van der Waals surface area contributed by atoms with Gasteiger partial charge in [0.05, 0.1) is 17.8 Å².